The van der Waals surface area contributed by atoms with Gasteiger partial charge in [0, 0.05) is 5.54 Å². The fourth-order valence-corrected chi connectivity index (χ4v) is 1.98. The Morgan fingerprint density at radius 2 is 1.62 bits per heavy atom. The van der Waals surface area contributed by atoms with E-state index in [0.29, 0.717) is 5.54 Å². The highest BCUT2D eigenvalue weighted by atomic mass is 14.9. The van der Waals surface area contributed by atoms with Crippen molar-refractivity contribution in [1.82, 2.24) is 5.32 Å². The van der Waals surface area contributed by atoms with Crippen molar-refractivity contribution in [2.75, 3.05) is 6.54 Å². The van der Waals surface area contributed by atoms with Crippen LogP contribution in [0.15, 0.2) is 0 Å². The highest BCUT2D eigenvalue weighted by molar-refractivity contribution is 4.76. The van der Waals surface area contributed by atoms with Gasteiger partial charge in [-0.05, 0) is 52.0 Å². The van der Waals surface area contributed by atoms with Crippen LogP contribution in [0.3, 0.4) is 0 Å². The molecule has 0 heterocycles. The Hall–Kier alpha value is -0.0400. The van der Waals surface area contributed by atoms with Crippen molar-refractivity contribution in [1.29, 1.82) is 0 Å². The molecule has 1 aliphatic rings. The topological polar surface area (TPSA) is 12.0 Å². The first kappa shape index (κ1) is 11.0. The predicted molar refractivity (Wildman–Crippen MR) is 58.9 cm³/mol. The van der Waals surface area contributed by atoms with E-state index in [1.165, 1.54) is 32.2 Å². The van der Waals surface area contributed by atoms with Gasteiger partial charge in [0.2, 0.25) is 0 Å². The minimum absolute atomic E-state index is 0.295. The van der Waals surface area contributed by atoms with Crippen molar-refractivity contribution in [2.24, 2.45) is 11.8 Å². The third-order valence-electron chi connectivity index (χ3n) is 3.06. The first-order valence-corrected chi connectivity index (χ1v) is 5.72. The molecule has 0 aromatic heterocycles. The molecule has 0 spiro atoms. The quantitative estimate of drug-likeness (QED) is 0.693. The summed E-state index contributed by atoms with van der Waals surface area (Å²) < 4.78 is 0. The lowest BCUT2D eigenvalue weighted by molar-refractivity contribution is 0.262. The summed E-state index contributed by atoms with van der Waals surface area (Å²) in [4.78, 5) is 0. The van der Waals surface area contributed by atoms with Gasteiger partial charge in [0.05, 0.1) is 0 Å². The smallest absolute Gasteiger partial charge is 0.00966 e. The molecule has 0 aromatic carbocycles. The van der Waals surface area contributed by atoms with Crippen LogP contribution in [0.2, 0.25) is 0 Å². The lowest BCUT2D eigenvalue weighted by Gasteiger charge is -2.29. The molecular weight excluding hydrogens is 158 g/mol. The summed E-state index contributed by atoms with van der Waals surface area (Å²) in [6, 6.07) is 0. The van der Waals surface area contributed by atoms with Crippen LogP contribution in [0.1, 0.15) is 53.4 Å². The Balaban J connectivity index is 2.16. The minimum Gasteiger partial charge on any atom is -0.312 e. The first-order valence-electron chi connectivity index (χ1n) is 5.72. The van der Waals surface area contributed by atoms with Gasteiger partial charge in [-0.1, -0.05) is 19.8 Å². The second-order valence-corrected chi connectivity index (χ2v) is 5.76. The molecule has 0 aromatic rings. The third kappa shape index (κ3) is 4.66. The molecule has 0 amide bonds. The Morgan fingerprint density at radius 1 is 1.08 bits per heavy atom. The molecule has 0 bridgehead atoms. The van der Waals surface area contributed by atoms with E-state index in [9.17, 15) is 0 Å². The van der Waals surface area contributed by atoms with Gasteiger partial charge in [-0.25, -0.2) is 0 Å². The largest absolute Gasteiger partial charge is 0.312 e. The van der Waals surface area contributed by atoms with E-state index in [-0.39, 0.29) is 0 Å². The average molecular weight is 183 g/mol. The van der Waals surface area contributed by atoms with E-state index in [0.717, 1.165) is 11.8 Å². The Morgan fingerprint density at radius 3 is 2.08 bits per heavy atom. The van der Waals surface area contributed by atoms with Crippen molar-refractivity contribution in [3.63, 3.8) is 0 Å². The molecule has 1 N–H and O–H groups in total. The SMILES string of the molecule is CC1CCC(CNC(C)(C)C)CC1. The van der Waals surface area contributed by atoms with E-state index in [1.54, 1.807) is 0 Å². The number of nitrogens with one attached hydrogen (secondary N) is 1. The summed E-state index contributed by atoms with van der Waals surface area (Å²) in [5.41, 5.74) is 0.295. The monoisotopic (exact) mass is 183 g/mol. The Labute approximate surface area is 83.3 Å². The normalized spacial score (nSPS) is 30.5. The lowest BCUT2D eigenvalue weighted by atomic mass is 9.83. The van der Waals surface area contributed by atoms with Gasteiger partial charge in [0.15, 0.2) is 0 Å². The Bertz CT molecular complexity index is 138. The van der Waals surface area contributed by atoms with Crippen LogP contribution in [0.25, 0.3) is 0 Å². The molecule has 1 saturated carbocycles. The zero-order valence-corrected chi connectivity index (χ0v) is 9.69. The highest BCUT2D eigenvalue weighted by Crippen LogP contribution is 2.27. The molecule has 78 valence electrons. The van der Waals surface area contributed by atoms with E-state index >= 15 is 0 Å². The fraction of sp³-hybridized carbons (Fsp3) is 1.00. The molecule has 1 aliphatic carbocycles. The Kier molecular flexibility index (Phi) is 3.78. The highest BCUT2D eigenvalue weighted by Gasteiger charge is 2.19. The zero-order chi connectivity index (χ0) is 9.90. The molecular formula is C12H25N. The summed E-state index contributed by atoms with van der Waals surface area (Å²) in [5.74, 6) is 1.92. The second kappa shape index (κ2) is 4.45. The van der Waals surface area contributed by atoms with Gasteiger partial charge in [-0.15, -0.1) is 0 Å². The van der Waals surface area contributed by atoms with Gasteiger partial charge in [-0.3, -0.25) is 0 Å². The van der Waals surface area contributed by atoms with Crippen molar-refractivity contribution < 1.29 is 0 Å². The molecule has 1 nitrogen and oxygen atoms in total. The first-order chi connectivity index (χ1) is 5.97. The molecule has 0 aliphatic heterocycles. The molecule has 0 unspecified atom stereocenters. The van der Waals surface area contributed by atoms with E-state index in [1.807, 2.05) is 0 Å². The van der Waals surface area contributed by atoms with Crippen LogP contribution in [-0.4, -0.2) is 12.1 Å². The van der Waals surface area contributed by atoms with Crippen molar-refractivity contribution in [3.8, 4) is 0 Å². The third-order valence-corrected chi connectivity index (χ3v) is 3.06. The molecule has 1 fully saturated rings. The van der Waals surface area contributed by atoms with Crippen LogP contribution in [-0.2, 0) is 0 Å². The number of rotatable bonds is 2. The lowest BCUT2D eigenvalue weighted by Crippen LogP contribution is -2.39. The van der Waals surface area contributed by atoms with E-state index in [4.69, 9.17) is 0 Å². The predicted octanol–water partition coefficient (Wildman–Crippen LogP) is 3.20. The van der Waals surface area contributed by atoms with Crippen LogP contribution in [0.4, 0.5) is 0 Å². The molecule has 1 heteroatoms. The maximum Gasteiger partial charge on any atom is 0.00966 e. The van der Waals surface area contributed by atoms with Crippen LogP contribution >= 0.6 is 0 Å². The zero-order valence-electron chi connectivity index (χ0n) is 9.69. The summed E-state index contributed by atoms with van der Waals surface area (Å²) in [6.07, 6.45) is 5.75. The molecule has 0 atom stereocenters. The van der Waals surface area contributed by atoms with Crippen LogP contribution in [0, 0.1) is 11.8 Å². The molecule has 0 saturated heterocycles. The summed E-state index contributed by atoms with van der Waals surface area (Å²) in [7, 11) is 0. The van der Waals surface area contributed by atoms with Crippen LogP contribution in [0.5, 0.6) is 0 Å². The van der Waals surface area contributed by atoms with Crippen molar-refractivity contribution >= 4 is 0 Å². The number of hydrogen-bond donors (Lipinski definition) is 1. The second-order valence-electron chi connectivity index (χ2n) is 5.76. The maximum absolute atomic E-state index is 3.61. The fourth-order valence-electron chi connectivity index (χ4n) is 1.98. The van der Waals surface area contributed by atoms with E-state index < -0.39 is 0 Å². The number of hydrogen-bond acceptors (Lipinski definition) is 1. The minimum atomic E-state index is 0.295. The van der Waals surface area contributed by atoms with Crippen molar-refractivity contribution in [2.45, 2.75) is 58.9 Å². The summed E-state index contributed by atoms with van der Waals surface area (Å²) >= 11 is 0. The molecule has 1 rings (SSSR count). The van der Waals surface area contributed by atoms with Gasteiger partial charge < -0.3 is 5.32 Å². The maximum atomic E-state index is 3.61. The summed E-state index contributed by atoms with van der Waals surface area (Å²) in [5, 5.41) is 3.61. The van der Waals surface area contributed by atoms with Gasteiger partial charge in [-0.2, -0.15) is 0 Å². The van der Waals surface area contributed by atoms with Gasteiger partial charge >= 0.3 is 0 Å². The van der Waals surface area contributed by atoms with Gasteiger partial charge in [0.25, 0.3) is 0 Å². The van der Waals surface area contributed by atoms with E-state index in [2.05, 4.69) is 33.0 Å². The molecule has 0 radical (unpaired) electrons. The standard InChI is InChI=1S/C12H25N/c1-10-5-7-11(8-6-10)9-13-12(2,3)4/h10-11,13H,5-9H2,1-4H3. The van der Waals surface area contributed by atoms with Gasteiger partial charge in [0.1, 0.15) is 0 Å². The summed E-state index contributed by atoms with van der Waals surface area (Å²) in [6.45, 7) is 10.3. The van der Waals surface area contributed by atoms with Crippen molar-refractivity contribution in [3.05, 3.63) is 0 Å². The van der Waals surface area contributed by atoms with Crippen LogP contribution < -0.4 is 5.32 Å². The molecule has 13 heavy (non-hydrogen) atoms. The average Bonchev–Trinajstić information content (AvgIpc) is 2.02.